The van der Waals surface area contributed by atoms with Crippen molar-refractivity contribution in [2.75, 3.05) is 12.4 Å². The quantitative estimate of drug-likeness (QED) is 0.850. The second-order valence-electron chi connectivity index (χ2n) is 3.63. The van der Waals surface area contributed by atoms with E-state index in [0.29, 0.717) is 16.8 Å². The van der Waals surface area contributed by atoms with E-state index >= 15 is 0 Å². The molecule has 0 radical (unpaired) electrons. The average molecular weight is 302 g/mol. The normalized spacial score (nSPS) is 14.0. The van der Waals surface area contributed by atoms with Crippen LogP contribution in [0.25, 0.3) is 0 Å². The Hall–Kier alpha value is 0.190. The predicted molar refractivity (Wildman–Crippen MR) is 69.1 cm³/mol. The number of halogens is 2. The lowest BCUT2D eigenvalue weighted by Crippen LogP contribution is -2.28. The van der Waals surface area contributed by atoms with Crippen molar-refractivity contribution in [2.24, 2.45) is 5.92 Å². The summed E-state index contributed by atoms with van der Waals surface area (Å²) in [5.41, 5.74) is 0.775. The van der Waals surface area contributed by atoms with E-state index in [4.69, 9.17) is 23.2 Å². The number of alkyl halides is 1. The van der Waals surface area contributed by atoms with Crippen molar-refractivity contribution in [1.82, 2.24) is 4.72 Å². The Morgan fingerprint density at radius 1 is 1.56 bits per heavy atom. The molecular weight excluding hydrogens is 289 g/mol. The predicted octanol–water partition coefficient (Wildman–Crippen LogP) is 2.86. The minimum Gasteiger partial charge on any atom is -0.210 e. The summed E-state index contributed by atoms with van der Waals surface area (Å²) in [6, 6.07) is 1.57. The standard InChI is InChI=1S/C9H13Cl2NO2S2/c1-6(4-10)5-12-16(13,14)8-3-7(2)9(11)15-8/h3,6,12H,4-5H2,1-2H3. The zero-order chi connectivity index (χ0) is 12.3. The summed E-state index contributed by atoms with van der Waals surface area (Å²) >= 11 is 12.5. The Balaban J connectivity index is 2.78. The highest BCUT2D eigenvalue weighted by Crippen LogP contribution is 2.29. The third-order valence-electron chi connectivity index (χ3n) is 1.98. The van der Waals surface area contributed by atoms with Gasteiger partial charge in [-0.15, -0.1) is 22.9 Å². The Kier molecular flexibility index (Phi) is 5.07. The lowest BCUT2D eigenvalue weighted by Gasteiger charge is -2.08. The van der Waals surface area contributed by atoms with Gasteiger partial charge in [-0.1, -0.05) is 18.5 Å². The van der Waals surface area contributed by atoms with E-state index in [1.807, 2.05) is 6.92 Å². The van der Waals surface area contributed by atoms with Crippen LogP contribution in [0.2, 0.25) is 4.34 Å². The van der Waals surface area contributed by atoms with Crippen LogP contribution in [0.1, 0.15) is 12.5 Å². The van der Waals surface area contributed by atoms with Gasteiger partial charge >= 0.3 is 0 Å². The van der Waals surface area contributed by atoms with Gasteiger partial charge in [0.05, 0.1) is 4.34 Å². The van der Waals surface area contributed by atoms with Crippen LogP contribution >= 0.6 is 34.5 Å². The van der Waals surface area contributed by atoms with Gasteiger partial charge in [-0.2, -0.15) is 0 Å². The van der Waals surface area contributed by atoms with Gasteiger partial charge in [0.1, 0.15) is 4.21 Å². The summed E-state index contributed by atoms with van der Waals surface area (Å²) in [5, 5.41) is 0. The van der Waals surface area contributed by atoms with Crippen molar-refractivity contribution in [3.05, 3.63) is 16.0 Å². The van der Waals surface area contributed by atoms with Crippen molar-refractivity contribution >= 4 is 44.6 Å². The van der Waals surface area contributed by atoms with Gasteiger partial charge in [-0.3, -0.25) is 0 Å². The molecule has 0 aliphatic rings. The zero-order valence-electron chi connectivity index (χ0n) is 8.96. The molecule has 92 valence electrons. The van der Waals surface area contributed by atoms with E-state index in [0.717, 1.165) is 16.9 Å². The molecule has 0 fully saturated rings. The first-order valence-corrected chi connectivity index (χ1v) is 7.89. The van der Waals surface area contributed by atoms with E-state index in [1.54, 1.807) is 13.0 Å². The van der Waals surface area contributed by atoms with Crippen molar-refractivity contribution in [3.8, 4) is 0 Å². The maximum absolute atomic E-state index is 11.8. The molecule has 7 heteroatoms. The van der Waals surface area contributed by atoms with Crippen molar-refractivity contribution in [3.63, 3.8) is 0 Å². The molecule has 16 heavy (non-hydrogen) atoms. The summed E-state index contributed by atoms with van der Waals surface area (Å²) in [4.78, 5) is 0. The van der Waals surface area contributed by atoms with E-state index < -0.39 is 10.0 Å². The number of hydrogen-bond donors (Lipinski definition) is 1. The minimum absolute atomic E-state index is 0.105. The topological polar surface area (TPSA) is 46.2 Å². The van der Waals surface area contributed by atoms with Crippen molar-refractivity contribution < 1.29 is 8.42 Å². The molecule has 0 aliphatic carbocycles. The second-order valence-corrected chi connectivity index (χ2v) is 7.59. The number of hydrogen-bond acceptors (Lipinski definition) is 3. The first-order chi connectivity index (χ1) is 7.36. The van der Waals surface area contributed by atoms with Gasteiger partial charge in [0.2, 0.25) is 10.0 Å². The third-order valence-corrected chi connectivity index (χ3v) is 5.96. The van der Waals surface area contributed by atoms with E-state index in [-0.39, 0.29) is 10.1 Å². The Bertz CT molecular complexity index is 437. The zero-order valence-corrected chi connectivity index (χ0v) is 12.1. The van der Waals surface area contributed by atoms with Crippen LogP contribution < -0.4 is 4.72 Å². The van der Waals surface area contributed by atoms with Crippen LogP contribution in [0.3, 0.4) is 0 Å². The molecule has 1 unspecified atom stereocenters. The Morgan fingerprint density at radius 3 is 2.62 bits per heavy atom. The molecule has 0 saturated carbocycles. The molecular formula is C9H13Cl2NO2S2. The fourth-order valence-corrected chi connectivity index (χ4v) is 3.97. The SMILES string of the molecule is Cc1cc(S(=O)(=O)NCC(C)CCl)sc1Cl. The highest BCUT2D eigenvalue weighted by atomic mass is 35.5. The monoisotopic (exact) mass is 301 g/mol. The highest BCUT2D eigenvalue weighted by molar-refractivity contribution is 7.91. The summed E-state index contributed by atoms with van der Waals surface area (Å²) in [6.45, 7) is 3.99. The molecule has 1 aromatic rings. The second kappa shape index (κ2) is 5.69. The molecule has 0 amide bonds. The van der Waals surface area contributed by atoms with Gasteiger partial charge in [0.25, 0.3) is 0 Å². The molecule has 0 aromatic carbocycles. The van der Waals surface area contributed by atoms with Crippen LogP contribution in [0.5, 0.6) is 0 Å². The lowest BCUT2D eigenvalue weighted by molar-refractivity contribution is 0.563. The van der Waals surface area contributed by atoms with Crippen LogP contribution in [0.4, 0.5) is 0 Å². The van der Waals surface area contributed by atoms with Gasteiger partial charge < -0.3 is 0 Å². The third kappa shape index (κ3) is 3.60. The number of rotatable bonds is 5. The molecule has 0 saturated heterocycles. The molecule has 0 bridgehead atoms. The van der Waals surface area contributed by atoms with Gasteiger partial charge in [0, 0.05) is 12.4 Å². The summed E-state index contributed by atoms with van der Waals surface area (Å²) in [5.74, 6) is 0.528. The average Bonchev–Trinajstić information content (AvgIpc) is 2.56. The molecule has 0 aliphatic heterocycles. The minimum atomic E-state index is -3.44. The first-order valence-electron chi connectivity index (χ1n) is 4.68. The maximum Gasteiger partial charge on any atom is 0.250 e. The number of sulfonamides is 1. The molecule has 1 aromatic heterocycles. The number of thiophene rings is 1. The van der Waals surface area contributed by atoms with Crippen molar-refractivity contribution in [1.29, 1.82) is 0 Å². The molecule has 1 N–H and O–H groups in total. The van der Waals surface area contributed by atoms with Gasteiger partial charge in [-0.05, 0) is 24.5 Å². The van der Waals surface area contributed by atoms with Crippen LogP contribution in [0, 0.1) is 12.8 Å². The summed E-state index contributed by atoms with van der Waals surface area (Å²) in [6.07, 6.45) is 0. The molecule has 1 heterocycles. The maximum atomic E-state index is 11.8. The smallest absolute Gasteiger partial charge is 0.210 e. The largest absolute Gasteiger partial charge is 0.250 e. The van der Waals surface area contributed by atoms with Gasteiger partial charge in [-0.25, -0.2) is 13.1 Å². The van der Waals surface area contributed by atoms with E-state index in [1.165, 1.54) is 0 Å². The van der Waals surface area contributed by atoms with Crippen LogP contribution in [-0.2, 0) is 10.0 Å². The van der Waals surface area contributed by atoms with Crippen LogP contribution in [-0.4, -0.2) is 20.8 Å². The molecule has 3 nitrogen and oxygen atoms in total. The first kappa shape index (κ1) is 14.3. The van der Waals surface area contributed by atoms with E-state index in [9.17, 15) is 8.42 Å². The number of aryl methyl sites for hydroxylation is 1. The molecule has 1 atom stereocenters. The van der Waals surface area contributed by atoms with Crippen LogP contribution in [0.15, 0.2) is 10.3 Å². The lowest BCUT2D eigenvalue weighted by atomic mass is 10.2. The molecule has 1 rings (SSSR count). The van der Waals surface area contributed by atoms with Gasteiger partial charge in [0.15, 0.2) is 0 Å². The molecule has 0 spiro atoms. The fourth-order valence-electron chi connectivity index (χ4n) is 0.942. The number of nitrogens with one attached hydrogen (secondary N) is 1. The van der Waals surface area contributed by atoms with Crippen molar-refractivity contribution in [2.45, 2.75) is 18.1 Å². The Morgan fingerprint density at radius 2 is 2.19 bits per heavy atom. The highest BCUT2D eigenvalue weighted by Gasteiger charge is 2.18. The van der Waals surface area contributed by atoms with E-state index in [2.05, 4.69) is 4.72 Å². The summed E-state index contributed by atoms with van der Waals surface area (Å²) < 4.78 is 26.9. The fraction of sp³-hybridized carbons (Fsp3) is 0.556. The summed E-state index contributed by atoms with van der Waals surface area (Å²) in [7, 11) is -3.44. The Labute approximate surface area is 110 Å².